The Bertz CT molecular complexity index is 333. The Morgan fingerprint density at radius 2 is 2.11 bits per heavy atom. The standard InChI is InChI=1S/C13H22N2O3/c1-2-15(10-5-3-4-6-10)13(18)9-14-7-11(16)12(17)8-14/h5,11-12,16-17H,2-4,6-9H2,1H3/t11-,12+. The summed E-state index contributed by atoms with van der Waals surface area (Å²) in [5.41, 5.74) is 1.13. The third-order valence-electron chi connectivity index (χ3n) is 3.67. The molecule has 1 aliphatic carbocycles. The van der Waals surface area contributed by atoms with Gasteiger partial charge in [0.05, 0.1) is 18.8 Å². The molecule has 1 saturated heterocycles. The van der Waals surface area contributed by atoms with Crippen LogP contribution >= 0.6 is 0 Å². The molecule has 1 fully saturated rings. The van der Waals surface area contributed by atoms with E-state index in [4.69, 9.17) is 0 Å². The first-order valence-electron chi connectivity index (χ1n) is 6.69. The predicted octanol–water partition coefficient (Wildman–Crippen LogP) is -0.0599. The first kappa shape index (κ1) is 13.5. The van der Waals surface area contributed by atoms with Gasteiger partial charge in [0.25, 0.3) is 0 Å². The van der Waals surface area contributed by atoms with Crippen LogP contribution in [0.2, 0.25) is 0 Å². The lowest BCUT2D eigenvalue weighted by Crippen LogP contribution is -2.39. The molecule has 2 aliphatic rings. The van der Waals surface area contributed by atoms with Crippen molar-refractivity contribution in [2.24, 2.45) is 0 Å². The zero-order valence-electron chi connectivity index (χ0n) is 10.9. The number of allylic oxidation sites excluding steroid dienone is 2. The monoisotopic (exact) mass is 254 g/mol. The van der Waals surface area contributed by atoms with Crippen molar-refractivity contribution >= 4 is 5.91 Å². The number of amides is 1. The quantitative estimate of drug-likeness (QED) is 0.738. The number of carbonyl (C=O) groups excluding carboxylic acids is 1. The molecule has 2 rings (SSSR count). The number of aliphatic hydroxyl groups excluding tert-OH is 2. The fraction of sp³-hybridized carbons (Fsp3) is 0.769. The Hall–Kier alpha value is -0.910. The second-order valence-corrected chi connectivity index (χ2v) is 5.05. The first-order valence-corrected chi connectivity index (χ1v) is 6.69. The fourth-order valence-electron chi connectivity index (χ4n) is 2.69. The van der Waals surface area contributed by atoms with Crippen molar-refractivity contribution < 1.29 is 15.0 Å². The zero-order valence-corrected chi connectivity index (χ0v) is 10.9. The minimum absolute atomic E-state index is 0.0620. The average molecular weight is 254 g/mol. The minimum Gasteiger partial charge on any atom is -0.389 e. The maximum absolute atomic E-state index is 12.2. The molecule has 2 N–H and O–H groups in total. The highest BCUT2D eigenvalue weighted by molar-refractivity contribution is 5.80. The van der Waals surface area contributed by atoms with Crippen LogP contribution in [-0.4, -0.2) is 64.3 Å². The fourth-order valence-corrected chi connectivity index (χ4v) is 2.69. The summed E-state index contributed by atoms with van der Waals surface area (Å²) < 4.78 is 0. The molecule has 0 bridgehead atoms. The number of nitrogens with zero attached hydrogens (tertiary/aromatic N) is 2. The van der Waals surface area contributed by atoms with Gasteiger partial charge in [0.2, 0.25) is 5.91 Å². The molecule has 1 heterocycles. The Morgan fingerprint density at radius 3 is 2.61 bits per heavy atom. The lowest BCUT2D eigenvalue weighted by Gasteiger charge is -2.25. The molecule has 0 aromatic rings. The van der Waals surface area contributed by atoms with E-state index in [2.05, 4.69) is 6.08 Å². The lowest BCUT2D eigenvalue weighted by atomic mass is 10.3. The summed E-state index contributed by atoms with van der Waals surface area (Å²) in [6.07, 6.45) is 3.84. The SMILES string of the molecule is CCN(C(=O)CN1C[C@@H](O)[C@@H](O)C1)C1=CCCC1. The Kier molecular flexibility index (Phi) is 4.37. The van der Waals surface area contributed by atoms with E-state index < -0.39 is 12.2 Å². The molecule has 0 unspecified atom stereocenters. The van der Waals surface area contributed by atoms with Crippen molar-refractivity contribution in [3.8, 4) is 0 Å². The number of β-amino-alcohol motifs (C(OH)–C–C–N with tert-alkyl or cyclic N) is 2. The van der Waals surface area contributed by atoms with Crippen molar-refractivity contribution in [2.45, 2.75) is 38.4 Å². The maximum atomic E-state index is 12.2. The first-order chi connectivity index (χ1) is 8.61. The van der Waals surface area contributed by atoms with Gasteiger partial charge in [0.15, 0.2) is 0 Å². The van der Waals surface area contributed by atoms with Gasteiger partial charge in [-0.05, 0) is 26.2 Å². The van der Waals surface area contributed by atoms with E-state index in [1.54, 1.807) is 0 Å². The maximum Gasteiger partial charge on any atom is 0.240 e. The summed E-state index contributed by atoms with van der Waals surface area (Å²) in [6.45, 7) is 3.70. The molecule has 102 valence electrons. The van der Waals surface area contributed by atoms with Crippen LogP contribution in [0.3, 0.4) is 0 Å². The molecular formula is C13H22N2O3. The van der Waals surface area contributed by atoms with Gasteiger partial charge in [-0.1, -0.05) is 6.08 Å². The molecule has 0 aromatic heterocycles. The van der Waals surface area contributed by atoms with Crippen molar-refractivity contribution in [1.82, 2.24) is 9.80 Å². The van der Waals surface area contributed by atoms with Crippen LogP contribution in [0.25, 0.3) is 0 Å². The van der Waals surface area contributed by atoms with Crippen LogP contribution in [0.4, 0.5) is 0 Å². The van der Waals surface area contributed by atoms with Crippen LogP contribution in [0.5, 0.6) is 0 Å². The number of carbonyl (C=O) groups is 1. The summed E-state index contributed by atoms with van der Waals surface area (Å²) in [5.74, 6) is 0.0620. The van der Waals surface area contributed by atoms with Crippen LogP contribution in [0, 0.1) is 0 Å². The summed E-state index contributed by atoms with van der Waals surface area (Å²) >= 11 is 0. The molecule has 5 heteroatoms. The molecule has 5 nitrogen and oxygen atoms in total. The molecule has 0 aromatic carbocycles. The molecule has 1 amide bonds. The van der Waals surface area contributed by atoms with Crippen LogP contribution in [-0.2, 0) is 4.79 Å². The average Bonchev–Trinajstić information content (AvgIpc) is 2.92. The highest BCUT2D eigenvalue weighted by Gasteiger charge is 2.31. The van der Waals surface area contributed by atoms with Gasteiger partial charge in [-0.25, -0.2) is 0 Å². The molecular weight excluding hydrogens is 232 g/mol. The van der Waals surface area contributed by atoms with Gasteiger partial charge in [-0.15, -0.1) is 0 Å². The Balaban J connectivity index is 1.90. The van der Waals surface area contributed by atoms with Gasteiger partial charge in [-0.3, -0.25) is 9.69 Å². The van der Waals surface area contributed by atoms with Gasteiger partial charge < -0.3 is 15.1 Å². The molecule has 1 aliphatic heterocycles. The number of rotatable bonds is 4. The lowest BCUT2D eigenvalue weighted by molar-refractivity contribution is -0.130. The number of hydrogen-bond donors (Lipinski definition) is 2. The van der Waals surface area contributed by atoms with Crippen molar-refractivity contribution in [1.29, 1.82) is 0 Å². The van der Waals surface area contributed by atoms with E-state index in [1.165, 1.54) is 0 Å². The molecule has 0 spiro atoms. The van der Waals surface area contributed by atoms with Gasteiger partial charge in [0, 0.05) is 25.3 Å². The normalized spacial score (nSPS) is 28.5. The Morgan fingerprint density at radius 1 is 1.44 bits per heavy atom. The second-order valence-electron chi connectivity index (χ2n) is 5.05. The molecule has 2 atom stereocenters. The highest BCUT2D eigenvalue weighted by atomic mass is 16.3. The summed E-state index contributed by atoms with van der Waals surface area (Å²) in [4.78, 5) is 15.8. The zero-order chi connectivity index (χ0) is 13.1. The van der Waals surface area contributed by atoms with Crippen LogP contribution in [0.1, 0.15) is 26.2 Å². The number of aliphatic hydroxyl groups is 2. The van der Waals surface area contributed by atoms with E-state index in [0.29, 0.717) is 19.6 Å². The van der Waals surface area contributed by atoms with E-state index in [9.17, 15) is 15.0 Å². The number of likely N-dealkylation sites (N-methyl/N-ethyl adjacent to an activating group) is 1. The molecule has 0 saturated carbocycles. The van der Waals surface area contributed by atoms with Crippen molar-refractivity contribution in [3.63, 3.8) is 0 Å². The Labute approximate surface area is 108 Å². The van der Waals surface area contributed by atoms with E-state index >= 15 is 0 Å². The molecule has 18 heavy (non-hydrogen) atoms. The van der Waals surface area contributed by atoms with E-state index in [-0.39, 0.29) is 12.5 Å². The molecule has 0 radical (unpaired) electrons. The van der Waals surface area contributed by atoms with E-state index in [0.717, 1.165) is 25.0 Å². The van der Waals surface area contributed by atoms with Crippen LogP contribution in [0.15, 0.2) is 11.8 Å². The second kappa shape index (κ2) is 5.82. The van der Waals surface area contributed by atoms with Crippen molar-refractivity contribution in [3.05, 3.63) is 11.8 Å². The summed E-state index contributed by atoms with van der Waals surface area (Å²) in [6, 6.07) is 0. The summed E-state index contributed by atoms with van der Waals surface area (Å²) in [5, 5.41) is 18.9. The van der Waals surface area contributed by atoms with Crippen molar-refractivity contribution in [2.75, 3.05) is 26.2 Å². The topological polar surface area (TPSA) is 64.0 Å². The smallest absolute Gasteiger partial charge is 0.240 e. The van der Waals surface area contributed by atoms with Gasteiger partial charge >= 0.3 is 0 Å². The van der Waals surface area contributed by atoms with Crippen LogP contribution < -0.4 is 0 Å². The third kappa shape index (κ3) is 2.91. The minimum atomic E-state index is -0.724. The summed E-state index contributed by atoms with van der Waals surface area (Å²) in [7, 11) is 0. The van der Waals surface area contributed by atoms with E-state index in [1.807, 2.05) is 16.7 Å². The number of likely N-dealkylation sites (tertiary alicyclic amines) is 1. The van der Waals surface area contributed by atoms with Gasteiger partial charge in [-0.2, -0.15) is 0 Å². The largest absolute Gasteiger partial charge is 0.389 e. The van der Waals surface area contributed by atoms with Gasteiger partial charge in [0.1, 0.15) is 0 Å². The predicted molar refractivity (Wildman–Crippen MR) is 67.8 cm³/mol. The number of hydrogen-bond acceptors (Lipinski definition) is 4. The highest BCUT2D eigenvalue weighted by Crippen LogP contribution is 2.22. The third-order valence-corrected chi connectivity index (χ3v) is 3.67.